The predicted molar refractivity (Wildman–Crippen MR) is 105 cm³/mol. The smallest absolute Gasteiger partial charge is 0.432 e. The molecule has 2 aliphatic carbocycles. The van der Waals surface area contributed by atoms with Crippen molar-refractivity contribution in [2.24, 2.45) is 11.8 Å². The van der Waals surface area contributed by atoms with Crippen LogP contribution < -0.4 is 0 Å². The SMILES string of the molecule is COC(C(=O)OCC[C@@H]1CCC[C@@H]2CC[C@@]3(C)O[C@H]3[C@@]21O)(c1ccccc1)C(F)(F)F. The molecule has 1 saturated heterocycles. The van der Waals surface area contributed by atoms with Gasteiger partial charge >= 0.3 is 12.1 Å². The predicted octanol–water partition coefficient (Wildman–Crippen LogP) is 4.12. The minimum absolute atomic E-state index is 0.111. The first-order valence-electron chi connectivity index (χ1n) is 10.8. The summed E-state index contributed by atoms with van der Waals surface area (Å²) in [6.07, 6.45) is -0.616. The second-order valence-corrected chi connectivity index (χ2v) is 9.23. The van der Waals surface area contributed by atoms with E-state index in [1.54, 1.807) is 6.07 Å². The lowest BCUT2D eigenvalue weighted by Gasteiger charge is -2.48. The van der Waals surface area contributed by atoms with Gasteiger partial charge in [0.15, 0.2) is 0 Å². The van der Waals surface area contributed by atoms with Crippen molar-refractivity contribution in [3.63, 3.8) is 0 Å². The van der Waals surface area contributed by atoms with E-state index < -0.39 is 23.3 Å². The van der Waals surface area contributed by atoms with Crippen molar-refractivity contribution >= 4 is 5.97 Å². The van der Waals surface area contributed by atoms with Gasteiger partial charge in [-0.25, -0.2) is 4.79 Å². The monoisotopic (exact) mass is 442 g/mol. The molecular weight excluding hydrogens is 413 g/mol. The Morgan fingerprint density at radius 3 is 2.58 bits per heavy atom. The molecule has 5 nitrogen and oxygen atoms in total. The summed E-state index contributed by atoms with van der Waals surface area (Å²) in [5, 5.41) is 11.5. The number of fused-ring (bicyclic) bond motifs is 3. The zero-order chi connectivity index (χ0) is 22.5. The molecule has 1 heterocycles. The van der Waals surface area contributed by atoms with Crippen LogP contribution in [0.2, 0.25) is 0 Å². The van der Waals surface area contributed by atoms with Gasteiger partial charge in [-0.15, -0.1) is 0 Å². The van der Waals surface area contributed by atoms with Gasteiger partial charge in [0, 0.05) is 12.7 Å². The van der Waals surface area contributed by atoms with Crippen LogP contribution in [0.4, 0.5) is 13.2 Å². The Kier molecular flexibility index (Phi) is 5.63. The number of rotatable bonds is 6. The summed E-state index contributed by atoms with van der Waals surface area (Å²) >= 11 is 0. The lowest BCUT2D eigenvalue weighted by atomic mass is 9.59. The van der Waals surface area contributed by atoms with Crippen LogP contribution in [-0.2, 0) is 24.6 Å². The van der Waals surface area contributed by atoms with Gasteiger partial charge in [-0.2, -0.15) is 13.2 Å². The van der Waals surface area contributed by atoms with Crippen LogP contribution in [0.5, 0.6) is 0 Å². The lowest BCUT2D eigenvalue weighted by molar-refractivity contribution is -0.276. The van der Waals surface area contributed by atoms with Crippen LogP contribution >= 0.6 is 0 Å². The van der Waals surface area contributed by atoms with Gasteiger partial charge < -0.3 is 19.3 Å². The van der Waals surface area contributed by atoms with E-state index in [1.807, 2.05) is 6.92 Å². The molecule has 0 bridgehead atoms. The number of ether oxygens (including phenoxy) is 3. The average molecular weight is 442 g/mol. The molecule has 1 aromatic carbocycles. The number of carbonyl (C=O) groups is 1. The number of methoxy groups -OCH3 is 1. The molecule has 0 aromatic heterocycles. The first-order chi connectivity index (χ1) is 14.6. The summed E-state index contributed by atoms with van der Waals surface area (Å²) in [4.78, 5) is 12.7. The highest BCUT2D eigenvalue weighted by atomic mass is 19.4. The van der Waals surface area contributed by atoms with E-state index in [9.17, 15) is 23.1 Å². The molecule has 1 N–H and O–H groups in total. The molecule has 2 saturated carbocycles. The van der Waals surface area contributed by atoms with Crippen molar-refractivity contribution in [2.75, 3.05) is 13.7 Å². The number of epoxide rings is 1. The Bertz CT molecular complexity index is 809. The van der Waals surface area contributed by atoms with E-state index in [2.05, 4.69) is 0 Å². The molecule has 0 spiro atoms. The van der Waals surface area contributed by atoms with Crippen LogP contribution in [0.15, 0.2) is 30.3 Å². The number of esters is 1. The third-order valence-electron chi connectivity index (χ3n) is 7.58. The zero-order valence-electron chi connectivity index (χ0n) is 17.8. The van der Waals surface area contributed by atoms with Crippen molar-refractivity contribution < 1.29 is 37.3 Å². The second kappa shape index (κ2) is 7.74. The second-order valence-electron chi connectivity index (χ2n) is 9.23. The van der Waals surface area contributed by atoms with Gasteiger partial charge in [-0.3, -0.25) is 0 Å². The molecule has 6 atom stereocenters. The number of hydrogen-bond donors (Lipinski definition) is 1. The van der Waals surface area contributed by atoms with E-state index in [-0.39, 0.29) is 42.1 Å². The summed E-state index contributed by atoms with van der Waals surface area (Å²) in [5.74, 6) is -1.57. The molecule has 172 valence electrons. The Morgan fingerprint density at radius 1 is 1.23 bits per heavy atom. The summed E-state index contributed by atoms with van der Waals surface area (Å²) in [5.41, 5.74) is -4.85. The molecule has 1 aliphatic heterocycles. The zero-order valence-corrected chi connectivity index (χ0v) is 17.8. The first kappa shape index (κ1) is 22.6. The van der Waals surface area contributed by atoms with Crippen molar-refractivity contribution in [3.8, 4) is 0 Å². The molecular formula is C23H29F3O5. The Labute approximate surface area is 179 Å². The van der Waals surface area contributed by atoms with Crippen LogP contribution in [0, 0.1) is 11.8 Å². The first-order valence-corrected chi connectivity index (χ1v) is 10.8. The van der Waals surface area contributed by atoms with Crippen LogP contribution in [0.1, 0.15) is 51.0 Å². The van der Waals surface area contributed by atoms with E-state index in [1.165, 1.54) is 24.3 Å². The van der Waals surface area contributed by atoms with Crippen molar-refractivity contribution in [3.05, 3.63) is 35.9 Å². The van der Waals surface area contributed by atoms with Crippen LogP contribution in [-0.4, -0.2) is 48.3 Å². The highest BCUT2D eigenvalue weighted by molar-refractivity contribution is 5.82. The number of carbonyl (C=O) groups excluding carboxylic acids is 1. The van der Waals surface area contributed by atoms with Crippen molar-refractivity contribution in [1.29, 1.82) is 0 Å². The van der Waals surface area contributed by atoms with E-state index in [4.69, 9.17) is 14.2 Å². The third kappa shape index (κ3) is 3.47. The number of halogens is 3. The molecule has 3 aliphatic rings. The minimum Gasteiger partial charge on any atom is -0.463 e. The van der Waals surface area contributed by atoms with Gasteiger partial charge in [0.2, 0.25) is 0 Å². The molecule has 0 amide bonds. The minimum atomic E-state index is -5.00. The Morgan fingerprint density at radius 2 is 1.94 bits per heavy atom. The standard InChI is InChI=1S/C23H29F3O5/c1-20-13-11-15-9-6-10-16(21(15,28)18(20)31-20)12-14-30-19(27)22(29-2,23(24,25)26)17-7-4-3-5-8-17/h3-5,7-8,15-16,18,28H,6,9-14H2,1-2H3/t15-,16+,18-,20-,21-,22?/m1/s1. The molecule has 31 heavy (non-hydrogen) atoms. The van der Waals surface area contributed by atoms with Crippen LogP contribution in [0.3, 0.4) is 0 Å². The average Bonchev–Trinajstić information content (AvgIpc) is 3.43. The summed E-state index contributed by atoms with van der Waals surface area (Å²) < 4.78 is 57.7. The maximum atomic E-state index is 14.0. The Hall–Kier alpha value is -1.64. The summed E-state index contributed by atoms with van der Waals surface area (Å²) in [7, 11) is 0.851. The van der Waals surface area contributed by atoms with Crippen molar-refractivity contribution in [2.45, 2.75) is 74.5 Å². The van der Waals surface area contributed by atoms with Crippen molar-refractivity contribution in [1.82, 2.24) is 0 Å². The molecule has 0 radical (unpaired) electrons. The molecule has 3 fully saturated rings. The van der Waals surface area contributed by atoms with E-state index >= 15 is 0 Å². The fourth-order valence-corrected chi connectivity index (χ4v) is 5.84. The van der Waals surface area contributed by atoms with Crippen LogP contribution in [0.25, 0.3) is 0 Å². The molecule has 1 unspecified atom stereocenters. The van der Waals surface area contributed by atoms with Gasteiger partial charge in [0.1, 0.15) is 6.10 Å². The maximum absolute atomic E-state index is 14.0. The topological polar surface area (TPSA) is 68.3 Å². The van der Waals surface area contributed by atoms with Gasteiger partial charge in [0.05, 0.1) is 17.8 Å². The fraction of sp³-hybridized carbons (Fsp3) is 0.696. The summed E-state index contributed by atoms with van der Waals surface area (Å²) in [6.45, 7) is 1.77. The normalized spacial score (nSPS) is 36.6. The van der Waals surface area contributed by atoms with E-state index in [0.717, 1.165) is 39.2 Å². The van der Waals surface area contributed by atoms with E-state index in [0.29, 0.717) is 0 Å². The highest BCUT2D eigenvalue weighted by Crippen LogP contribution is 2.60. The summed E-state index contributed by atoms with van der Waals surface area (Å²) in [6, 6.07) is 6.77. The quantitative estimate of drug-likeness (QED) is 0.530. The highest BCUT2D eigenvalue weighted by Gasteiger charge is 2.70. The molecule has 8 heteroatoms. The van der Waals surface area contributed by atoms with Gasteiger partial charge in [-0.05, 0) is 50.9 Å². The molecule has 4 rings (SSSR count). The lowest BCUT2D eigenvalue weighted by Crippen LogP contribution is -2.57. The van der Waals surface area contributed by atoms with Gasteiger partial charge in [0.25, 0.3) is 5.60 Å². The van der Waals surface area contributed by atoms with Gasteiger partial charge in [-0.1, -0.05) is 36.8 Å². The number of alkyl halides is 3. The maximum Gasteiger partial charge on any atom is 0.432 e. The number of hydrogen-bond acceptors (Lipinski definition) is 5. The molecule has 1 aromatic rings. The Balaban J connectivity index is 1.47. The number of benzene rings is 1. The number of aliphatic hydroxyl groups is 1. The third-order valence-corrected chi connectivity index (χ3v) is 7.58. The largest absolute Gasteiger partial charge is 0.463 e. The fourth-order valence-electron chi connectivity index (χ4n) is 5.84.